The van der Waals surface area contributed by atoms with Gasteiger partial charge in [-0.2, -0.15) is 0 Å². The number of nitrogens with zero attached hydrogens (tertiary/aromatic N) is 1. The number of hydrogen-bond acceptors (Lipinski definition) is 2. The van der Waals surface area contributed by atoms with Gasteiger partial charge in [0.15, 0.2) is 0 Å². The Balaban J connectivity index is 2.06. The molecule has 0 aromatic heterocycles. The Kier molecular flexibility index (Phi) is 9.93. The number of ether oxygens (including phenoxy) is 1. The third-order valence-corrected chi connectivity index (χ3v) is 6.02. The smallest absolute Gasteiger partial charge is 0.129 e. The molecule has 0 amide bonds. The lowest BCUT2D eigenvalue weighted by Crippen LogP contribution is -2.31. The molecule has 0 spiro atoms. The van der Waals surface area contributed by atoms with Crippen LogP contribution < -0.4 is 0 Å². The van der Waals surface area contributed by atoms with Crippen LogP contribution in [0.3, 0.4) is 0 Å². The normalized spacial score (nSPS) is 12.7. The number of aryl methyl sites for hydroxylation is 2. The van der Waals surface area contributed by atoms with Gasteiger partial charge in [-0.05, 0) is 68.5 Å². The van der Waals surface area contributed by atoms with Gasteiger partial charge in [0.1, 0.15) is 11.6 Å². The summed E-state index contributed by atoms with van der Waals surface area (Å²) in [4.78, 5) is 2.35. The van der Waals surface area contributed by atoms with E-state index in [1.807, 2.05) is 0 Å². The molecule has 30 heavy (non-hydrogen) atoms. The highest BCUT2D eigenvalue weighted by Crippen LogP contribution is 2.27. The van der Waals surface area contributed by atoms with Crippen molar-refractivity contribution in [1.82, 2.24) is 4.90 Å². The van der Waals surface area contributed by atoms with E-state index in [9.17, 15) is 8.78 Å². The summed E-state index contributed by atoms with van der Waals surface area (Å²) in [5.74, 6) is -0.282. The highest BCUT2D eigenvalue weighted by Gasteiger charge is 2.20. The standard InChI is InChI=1S/C26H37F2NO/c1-6-21(7-2)17-29(5)18-25(26-19(3)11-8-12-20(26)4)30-16-10-13-22-23(27)14-9-15-24(22)28/h8-9,11-12,14-15,21,25H,6-7,10,13,16-18H2,1-5H3. The topological polar surface area (TPSA) is 12.5 Å². The van der Waals surface area contributed by atoms with E-state index in [0.717, 1.165) is 13.1 Å². The number of rotatable bonds is 12. The van der Waals surface area contributed by atoms with Crippen molar-refractivity contribution >= 4 is 0 Å². The average molecular weight is 418 g/mol. The third kappa shape index (κ3) is 6.88. The zero-order chi connectivity index (χ0) is 22.1. The van der Waals surface area contributed by atoms with Crippen molar-refractivity contribution in [3.63, 3.8) is 0 Å². The summed E-state index contributed by atoms with van der Waals surface area (Å²) in [5.41, 5.74) is 3.81. The molecule has 0 fully saturated rings. The molecule has 2 rings (SSSR count). The maximum Gasteiger partial charge on any atom is 0.129 e. The predicted molar refractivity (Wildman–Crippen MR) is 121 cm³/mol. The first-order chi connectivity index (χ1) is 14.4. The summed E-state index contributed by atoms with van der Waals surface area (Å²) >= 11 is 0. The molecule has 0 aliphatic rings. The molecule has 2 aromatic rings. The fourth-order valence-electron chi connectivity index (χ4n) is 4.15. The van der Waals surface area contributed by atoms with Gasteiger partial charge in [0.2, 0.25) is 0 Å². The second-order valence-electron chi connectivity index (χ2n) is 8.37. The minimum atomic E-state index is -0.480. The van der Waals surface area contributed by atoms with Gasteiger partial charge in [-0.3, -0.25) is 0 Å². The SMILES string of the molecule is CCC(CC)CN(C)CC(OCCCc1c(F)cccc1F)c1c(C)cccc1C. The lowest BCUT2D eigenvalue weighted by atomic mass is 9.96. The summed E-state index contributed by atoms with van der Waals surface area (Å²) < 4.78 is 34.1. The molecular weight excluding hydrogens is 380 g/mol. The molecule has 1 atom stereocenters. The molecular formula is C26H37F2NO. The van der Waals surface area contributed by atoms with E-state index in [4.69, 9.17) is 4.74 Å². The van der Waals surface area contributed by atoms with Crippen molar-refractivity contribution in [2.24, 2.45) is 5.92 Å². The number of halogens is 2. The molecule has 4 heteroatoms. The van der Waals surface area contributed by atoms with Crippen molar-refractivity contribution in [2.45, 2.75) is 59.5 Å². The molecule has 0 radical (unpaired) electrons. The van der Waals surface area contributed by atoms with Crippen molar-refractivity contribution in [3.8, 4) is 0 Å². The minimum absolute atomic E-state index is 0.0592. The Hall–Kier alpha value is -1.78. The largest absolute Gasteiger partial charge is 0.372 e. The summed E-state index contributed by atoms with van der Waals surface area (Å²) in [6.45, 7) is 11.0. The predicted octanol–water partition coefficient (Wildman–Crippen LogP) is 6.64. The van der Waals surface area contributed by atoms with E-state index in [1.165, 1.54) is 47.7 Å². The average Bonchev–Trinajstić information content (AvgIpc) is 2.70. The summed E-state index contributed by atoms with van der Waals surface area (Å²) in [7, 11) is 2.15. The Morgan fingerprint density at radius 1 is 0.900 bits per heavy atom. The van der Waals surface area contributed by atoms with Crippen LogP contribution in [0.4, 0.5) is 8.78 Å². The van der Waals surface area contributed by atoms with E-state index in [2.05, 4.69) is 57.8 Å². The van der Waals surface area contributed by atoms with E-state index in [0.29, 0.717) is 25.4 Å². The molecule has 0 heterocycles. The first-order valence-electron chi connectivity index (χ1n) is 11.2. The Labute approximate surface area is 181 Å². The van der Waals surface area contributed by atoms with Gasteiger partial charge in [0, 0.05) is 25.3 Å². The van der Waals surface area contributed by atoms with Crippen molar-refractivity contribution in [3.05, 3.63) is 70.3 Å². The Morgan fingerprint density at radius 2 is 1.47 bits per heavy atom. The first kappa shape index (κ1) is 24.5. The quantitative estimate of drug-likeness (QED) is 0.359. The Morgan fingerprint density at radius 3 is 2.03 bits per heavy atom. The van der Waals surface area contributed by atoms with Crippen LogP contribution in [0.2, 0.25) is 0 Å². The van der Waals surface area contributed by atoms with E-state index in [1.54, 1.807) is 0 Å². The fraction of sp³-hybridized carbons (Fsp3) is 0.538. The zero-order valence-electron chi connectivity index (χ0n) is 19.2. The molecule has 166 valence electrons. The molecule has 0 N–H and O–H groups in total. The molecule has 0 bridgehead atoms. The van der Waals surface area contributed by atoms with E-state index >= 15 is 0 Å². The molecule has 2 nitrogen and oxygen atoms in total. The van der Waals surface area contributed by atoms with Gasteiger partial charge in [0.05, 0.1) is 6.10 Å². The maximum atomic E-state index is 13.9. The summed E-state index contributed by atoms with van der Waals surface area (Å²) in [6, 6.07) is 10.3. The van der Waals surface area contributed by atoms with Crippen molar-refractivity contribution in [2.75, 3.05) is 26.7 Å². The van der Waals surface area contributed by atoms with E-state index < -0.39 is 11.6 Å². The van der Waals surface area contributed by atoms with Crippen LogP contribution >= 0.6 is 0 Å². The van der Waals surface area contributed by atoms with Crippen molar-refractivity contribution in [1.29, 1.82) is 0 Å². The van der Waals surface area contributed by atoms with Crippen LogP contribution in [0.15, 0.2) is 36.4 Å². The van der Waals surface area contributed by atoms with Crippen LogP contribution in [-0.2, 0) is 11.2 Å². The molecule has 0 aliphatic carbocycles. The molecule has 0 saturated heterocycles. The second-order valence-corrected chi connectivity index (χ2v) is 8.37. The second kappa shape index (κ2) is 12.2. The van der Waals surface area contributed by atoms with Gasteiger partial charge >= 0.3 is 0 Å². The van der Waals surface area contributed by atoms with Gasteiger partial charge in [0.25, 0.3) is 0 Å². The summed E-state index contributed by atoms with van der Waals surface area (Å²) in [6.07, 6.45) is 3.20. The minimum Gasteiger partial charge on any atom is -0.372 e. The highest BCUT2D eigenvalue weighted by molar-refractivity contribution is 5.35. The van der Waals surface area contributed by atoms with Crippen LogP contribution in [0.1, 0.15) is 61.5 Å². The maximum absolute atomic E-state index is 13.9. The van der Waals surface area contributed by atoms with Gasteiger partial charge in [-0.1, -0.05) is 51.0 Å². The van der Waals surface area contributed by atoms with Crippen LogP contribution in [0.25, 0.3) is 0 Å². The first-order valence-corrected chi connectivity index (χ1v) is 11.2. The fourth-order valence-corrected chi connectivity index (χ4v) is 4.15. The number of likely N-dealkylation sites (N-methyl/N-ethyl adjacent to an activating group) is 1. The lowest BCUT2D eigenvalue weighted by Gasteiger charge is -2.29. The number of hydrogen-bond donors (Lipinski definition) is 0. The van der Waals surface area contributed by atoms with Gasteiger partial charge in [-0.25, -0.2) is 8.78 Å². The van der Waals surface area contributed by atoms with Crippen LogP contribution in [-0.4, -0.2) is 31.6 Å². The van der Waals surface area contributed by atoms with Crippen LogP contribution in [0.5, 0.6) is 0 Å². The molecule has 0 aliphatic heterocycles. The molecule has 2 aromatic carbocycles. The Bertz CT molecular complexity index is 748. The number of benzene rings is 2. The van der Waals surface area contributed by atoms with Crippen molar-refractivity contribution < 1.29 is 13.5 Å². The third-order valence-electron chi connectivity index (χ3n) is 6.02. The lowest BCUT2D eigenvalue weighted by molar-refractivity contribution is 0.0251. The summed E-state index contributed by atoms with van der Waals surface area (Å²) in [5, 5.41) is 0. The monoisotopic (exact) mass is 417 g/mol. The van der Waals surface area contributed by atoms with E-state index in [-0.39, 0.29) is 11.7 Å². The van der Waals surface area contributed by atoms with Crippen LogP contribution in [0, 0.1) is 31.4 Å². The highest BCUT2D eigenvalue weighted by atomic mass is 19.1. The zero-order valence-corrected chi connectivity index (χ0v) is 19.2. The molecule has 1 unspecified atom stereocenters. The van der Waals surface area contributed by atoms with Gasteiger partial charge in [-0.15, -0.1) is 0 Å². The van der Waals surface area contributed by atoms with Gasteiger partial charge < -0.3 is 9.64 Å². The molecule has 0 saturated carbocycles.